The fourth-order valence-corrected chi connectivity index (χ4v) is 4.91. The molecule has 3 heterocycles. The van der Waals surface area contributed by atoms with Crippen molar-refractivity contribution in [3.05, 3.63) is 70.2 Å². The quantitative estimate of drug-likeness (QED) is 0.434. The second-order valence-electron chi connectivity index (χ2n) is 7.35. The molecule has 1 aliphatic rings. The minimum absolute atomic E-state index is 0.652. The fourth-order valence-electron chi connectivity index (χ4n) is 4.05. The molecular weight excluding hydrogens is 368 g/mol. The summed E-state index contributed by atoms with van der Waals surface area (Å²) < 4.78 is 7.75. The third-order valence-corrected chi connectivity index (χ3v) is 6.35. The Balaban J connectivity index is 1.35. The van der Waals surface area contributed by atoms with Gasteiger partial charge in [-0.2, -0.15) is 9.61 Å². The van der Waals surface area contributed by atoms with E-state index in [1.54, 1.807) is 15.9 Å². The Bertz CT molecular complexity index is 1280. The van der Waals surface area contributed by atoms with E-state index in [0.717, 1.165) is 27.4 Å². The second kappa shape index (κ2) is 6.27. The van der Waals surface area contributed by atoms with Crippen LogP contribution in [0.1, 0.15) is 34.5 Å². The molecule has 0 unspecified atom stereocenters. The molecule has 0 radical (unpaired) electrons. The first-order valence-electron chi connectivity index (χ1n) is 9.64. The van der Waals surface area contributed by atoms with E-state index in [4.69, 9.17) is 9.52 Å². The van der Waals surface area contributed by atoms with E-state index in [2.05, 4.69) is 28.4 Å². The van der Waals surface area contributed by atoms with E-state index in [1.807, 2.05) is 30.3 Å². The van der Waals surface area contributed by atoms with Crippen molar-refractivity contribution in [1.82, 2.24) is 19.8 Å². The molecule has 0 saturated carbocycles. The van der Waals surface area contributed by atoms with Crippen LogP contribution in [-0.2, 0) is 19.3 Å². The van der Waals surface area contributed by atoms with Gasteiger partial charge in [0.2, 0.25) is 10.8 Å². The molecular formula is C22H18N4OS. The van der Waals surface area contributed by atoms with Crippen LogP contribution in [0.4, 0.5) is 0 Å². The average Bonchev–Trinajstić information content (AvgIpc) is 3.41. The van der Waals surface area contributed by atoms with Crippen LogP contribution in [0.15, 0.2) is 52.9 Å². The molecule has 0 N–H and O–H groups in total. The van der Waals surface area contributed by atoms with Crippen molar-refractivity contribution in [2.45, 2.75) is 32.1 Å². The van der Waals surface area contributed by atoms with E-state index in [0.29, 0.717) is 11.6 Å². The van der Waals surface area contributed by atoms with Gasteiger partial charge in [-0.25, -0.2) is 0 Å². The minimum Gasteiger partial charge on any atom is -0.453 e. The van der Waals surface area contributed by atoms with Gasteiger partial charge in [-0.15, -0.1) is 10.2 Å². The summed E-state index contributed by atoms with van der Waals surface area (Å²) in [5.74, 6) is 1.35. The van der Waals surface area contributed by atoms with Crippen molar-refractivity contribution < 1.29 is 4.42 Å². The number of hydrogen-bond donors (Lipinski definition) is 0. The highest BCUT2D eigenvalue weighted by atomic mass is 32.1. The standard InChI is InChI=1S/C22H18N4OS/c1-2-6-16-11-14(9-10-15(16)5-1)12-20-25-26-21(23-24-22(26)28-20)19-13-17-7-3-4-8-18(17)27-19/h3-4,7-11,13H,1-2,5-6,12H2. The van der Waals surface area contributed by atoms with Crippen molar-refractivity contribution in [3.8, 4) is 11.6 Å². The van der Waals surface area contributed by atoms with E-state index in [1.165, 1.54) is 42.4 Å². The van der Waals surface area contributed by atoms with E-state index in [9.17, 15) is 0 Å². The van der Waals surface area contributed by atoms with Crippen LogP contribution < -0.4 is 0 Å². The zero-order valence-electron chi connectivity index (χ0n) is 15.3. The third-order valence-electron chi connectivity index (χ3n) is 5.45. The maximum atomic E-state index is 5.95. The highest BCUT2D eigenvalue weighted by molar-refractivity contribution is 7.16. The Labute approximate surface area is 165 Å². The summed E-state index contributed by atoms with van der Waals surface area (Å²) in [4.78, 5) is 0.795. The lowest BCUT2D eigenvalue weighted by atomic mass is 9.90. The molecule has 28 heavy (non-hydrogen) atoms. The van der Waals surface area contributed by atoms with Gasteiger partial charge in [0.05, 0.1) is 0 Å². The Kier molecular flexibility index (Phi) is 3.59. The van der Waals surface area contributed by atoms with Gasteiger partial charge in [-0.1, -0.05) is 47.7 Å². The summed E-state index contributed by atoms with van der Waals surface area (Å²) in [6.07, 6.45) is 5.85. The summed E-state index contributed by atoms with van der Waals surface area (Å²) in [5, 5.41) is 15.5. The Morgan fingerprint density at radius 3 is 2.79 bits per heavy atom. The molecule has 0 amide bonds. The maximum Gasteiger partial charge on any atom is 0.235 e. The molecule has 0 bridgehead atoms. The SMILES string of the molecule is c1ccc2oc(-c3nnc4sc(Cc5ccc6c(c5)CCCC6)nn34)cc2c1. The predicted octanol–water partition coefficient (Wildman–Crippen LogP) is 5.07. The smallest absolute Gasteiger partial charge is 0.235 e. The highest BCUT2D eigenvalue weighted by Crippen LogP contribution is 2.29. The summed E-state index contributed by atoms with van der Waals surface area (Å²) in [6, 6.07) is 16.8. The number of benzene rings is 2. The van der Waals surface area contributed by atoms with Gasteiger partial charge in [0.1, 0.15) is 10.6 Å². The van der Waals surface area contributed by atoms with Gasteiger partial charge in [-0.3, -0.25) is 0 Å². The fraction of sp³-hybridized carbons (Fsp3) is 0.227. The zero-order valence-corrected chi connectivity index (χ0v) is 16.1. The number of fused-ring (bicyclic) bond motifs is 3. The Morgan fingerprint density at radius 1 is 0.964 bits per heavy atom. The first-order chi connectivity index (χ1) is 13.8. The van der Waals surface area contributed by atoms with Crippen LogP contribution in [0.2, 0.25) is 0 Å². The van der Waals surface area contributed by atoms with Crippen LogP contribution in [0.5, 0.6) is 0 Å². The Hall–Kier alpha value is -2.99. The van der Waals surface area contributed by atoms with Gasteiger partial charge < -0.3 is 4.42 Å². The van der Waals surface area contributed by atoms with Gasteiger partial charge >= 0.3 is 0 Å². The van der Waals surface area contributed by atoms with Gasteiger partial charge in [0.15, 0.2) is 5.76 Å². The first-order valence-corrected chi connectivity index (χ1v) is 10.5. The molecule has 2 aromatic carbocycles. The normalized spacial score (nSPS) is 14.0. The molecule has 1 aliphatic carbocycles. The maximum absolute atomic E-state index is 5.95. The van der Waals surface area contributed by atoms with E-state index < -0.39 is 0 Å². The molecule has 3 aromatic heterocycles. The molecule has 5 nitrogen and oxygen atoms in total. The second-order valence-corrected chi connectivity index (χ2v) is 8.39. The van der Waals surface area contributed by atoms with Crippen LogP contribution in [0.3, 0.4) is 0 Å². The molecule has 0 saturated heterocycles. The number of rotatable bonds is 3. The van der Waals surface area contributed by atoms with Crippen LogP contribution in [0, 0.1) is 0 Å². The first kappa shape index (κ1) is 16.0. The monoisotopic (exact) mass is 386 g/mol. The van der Waals surface area contributed by atoms with Crippen LogP contribution in [0.25, 0.3) is 27.5 Å². The minimum atomic E-state index is 0.652. The van der Waals surface area contributed by atoms with Crippen molar-refractivity contribution in [2.75, 3.05) is 0 Å². The highest BCUT2D eigenvalue weighted by Gasteiger charge is 2.17. The topological polar surface area (TPSA) is 56.2 Å². The number of nitrogens with zero attached hydrogens (tertiary/aromatic N) is 4. The number of aryl methyl sites for hydroxylation is 2. The lowest BCUT2D eigenvalue weighted by Crippen LogP contribution is -2.03. The molecule has 6 heteroatoms. The molecule has 0 aliphatic heterocycles. The summed E-state index contributed by atoms with van der Waals surface area (Å²) in [5.41, 5.74) is 5.18. The van der Waals surface area contributed by atoms with Gasteiger partial charge in [-0.05, 0) is 54.5 Å². The Morgan fingerprint density at radius 2 is 1.86 bits per heavy atom. The molecule has 0 atom stereocenters. The lowest BCUT2D eigenvalue weighted by Gasteiger charge is -2.16. The number of furan rings is 1. The number of hydrogen-bond acceptors (Lipinski definition) is 5. The molecule has 6 rings (SSSR count). The van der Waals surface area contributed by atoms with E-state index >= 15 is 0 Å². The van der Waals surface area contributed by atoms with Gasteiger partial charge in [0.25, 0.3) is 0 Å². The lowest BCUT2D eigenvalue weighted by molar-refractivity contribution is 0.621. The summed E-state index contributed by atoms with van der Waals surface area (Å²) in [6.45, 7) is 0. The predicted molar refractivity (Wildman–Crippen MR) is 110 cm³/mol. The summed E-state index contributed by atoms with van der Waals surface area (Å²) >= 11 is 1.59. The van der Waals surface area contributed by atoms with Crippen LogP contribution >= 0.6 is 11.3 Å². The van der Waals surface area contributed by atoms with Crippen molar-refractivity contribution >= 4 is 27.3 Å². The molecule has 138 valence electrons. The molecule has 5 aromatic rings. The molecule has 0 fully saturated rings. The largest absolute Gasteiger partial charge is 0.453 e. The van der Waals surface area contributed by atoms with E-state index in [-0.39, 0.29) is 0 Å². The number of para-hydroxylation sites is 1. The van der Waals surface area contributed by atoms with Gasteiger partial charge in [0, 0.05) is 11.8 Å². The summed E-state index contributed by atoms with van der Waals surface area (Å²) in [7, 11) is 0. The van der Waals surface area contributed by atoms with Crippen molar-refractivity contribution in [2.24, 2.45) is 0 Å². The zero-order chi connectivity index (χ0) is 18.5. The van der Waals surface area contributed by atoms with Crippen molar-refractivity contribution in [3.63, 3.8) is 0 Å². The number of aromatic nitrogens is 4. The third kappa shape index (κ3) is 2.64. The van der Waals surface area contributed by atoms with Crippen molar-refractivity contribution in [1.29, 1.82) is 0 Å². The average molecular weight is 386 g/mol. The van der Waals surface area contributed by atoms with Crippen LogP contribution in [-0.4, -0.2) is 19.8 Å². The molecule has 0 spiro atoms.